The van der Waals surface area contributed by atoms with Crippen LogP contribution in [0.3, 0.4) is 0 Å². The quantitative estimate of drug-likeness (QED) is 0.409. The molecule has 170 valence electrons. The molecule has 0 saturated heterocycles. The van der Waals surface area contributed by atoms with Crippen molar-refractivity contribution in [1.82, 2.24) is 24.7 Å². The number of fused-ring (bicyclic) bond motifs is 1. The molecule has 5 aromatic rings. The van der Waals surface area contributed by atoms with Crippen molar-refractivity contribution in [3.63, 3.8) is 0 Å². The Hall–Kier alpha value is -5.12. The highest BCUT2D eigenvalue weighted by atomic mass is 16.4. The molecule has 6 rings (SSSR count). The molecular formula is C25H18N8O2. The van der Waals surface area contributed by atoms with E-state index in [-0.39, 0.29) is 17.8 Å². The van der Waals surface area contributed by atoms with Crippen LogP contribution in [0.15, 0.2) is 101 Å². The number of hydrogen-bond acceptors (Lipinski definition) is 8. The molecule has 1 aliphatic heterocycles. The number of benzene rings is 2. The first kappa shape index (κ1) is 20.5. The van der Waals surface area contributed by atoms with Crippen LogP contribution < -0.4 is 10.6 Å². The molecule has 10 nitrogen and oxygen atoms in total. The Morgan fingerprint density at radius 1 is 0.943 bits per heavy atom. The number of nitrogens with one attached hydrogen (secondary N) is 2. The molecule has 1 aliphatic rings. The van der Waals surface area contributed by atoms with E-state index in [4.69, 9.17) is 9.41 Å². The number of benzodiazepines with no additional fused rings is 1. The van der Waals surface area contributed by atoms with Crippen LogP contribution in [-0.2, 0) is 4.79 Å². The van der Waals surface area contributed by atoms with E-state index >= 15 is 0 Å². The Morgan fingerprint density at radius 3 is 2.60 bits per heavy atom. The average Bonchev–Trinajstić information content (AvgIpc) is 3.58. The van der Waals surface area contributed by atoms with Crippen LogP contribution in [0.25, 0.3) is 17.3 Å². The SMILES string of the molecule is O=C1Nc2ccccc2C(c2ccccc2)=NC1Nc1nnc(-c2ccc(-n3ccnc3)nc2)o1. The minimum atomic E-state index is -0.979. The third-order valence-corrected chi connectivity index (χ3v) is 5.44. The minimum absolute atomic E-state index is 0.0703. The number of pyridine rings is 1. The van der Waals surface area contributed by atoms with E-state index in [1.54, 1.807) is 29.5 Å². The fourth-order valence-corrected chi connectivity index (χ4v) is 3.76. The van der Waals surface area contributed by atoms with Crippen molar-refractivity contribution in [2.45, 2.75) is 6.17 Å². The summed E-state index contributed by atoms with van der Waals surface area (Å²) in [6.07, 6.45) is 5.80. The van der Waals surface area contributed by atoms with Gasteiger partial charge in [-0.15, -0.1) is 5.10 Å². The van der Waals surface area contributed by atoms with Gasteiger partial charge in [0.15, 0.2) is 0 Å². The van der Waals surface area contributed by atoms with Crippen LogP contribution in [0.2, 0.25) is 0 Å². The molecule has 1 atom stereocenters. The summed E-state index contributed by atoms with van der Waals surface area (Å²) in [7, 11) is 0. The lowest BCUT2D eigenvalue weighted by molar-refractivity contribution is -0.116. The number of carbonyl (C=O) groups excluding carboxylic acids is 1. The third kappa shape index (κ3) is 4.04. The summed E-state index contributed by atoms with van der Waals surface area (Å²) in [6, 6.07) is 21.0. The van der Waals surface area contributed by atoms with E-state index < -0.39 is 6.17 Å². The van der Waals surface area contributed by atoms with E-state index in [1.807, 2.05) is 66.7 Å². The number of nitrogens with zero attached hydrogens (tertiary/aromatic N) is 6. The summed E-state index contributed by atoms with van der Waals surface area (Å²) >= 11 is 0. The molecule has 35 heavy (non-hydrogen) atoms. The number of imidazole rings is 1. The predicted octanol–water partition coefficient (Wildman–Crippen LogP) is 3.55. The number of aliphatic imine (C=N–C) groups is 1. The number of para-hydroxylation sites is 1. The number of hydrogen-bond donors (Lipinski definition) is 2. The van der Waals surface area contributed by atoms with Gasteiger partial charge in [-0.25, -0.2) is 15.0 Å². The van der Waals surface area contributed by atoms with Gasteiger partial charge < -0.3 is 15.1 Å². The highest BCUT2D eigenvalue weighted by Crippen LogP contribution is 2.25. The lowest BCUT2D eigenvalue weighted by atomic mass is 10.0. The van der Waals surface area contributed by atoms with Gasteiger partial charge in [-0.05, 0) is 18.2 Å². The number of rotatable bonds is 5. The molecule has 0 aliphatic carbocycles. The van der Waals surface area contributed by atoms with Crippen molar-refractivity contribution in [2.24, 2.45) is 4.99 Å². The average molecular weight is 462 g/mol. The van der Waals surface area contributed by atoms with Crippen molar-refractivity contribution in [2.75, 3.05) is 10.6 Å². The van der Waals surface area contributed by atoms with Crippen LogP contribution in [0.1, 0.15) is 11.1 Å². The molecule has 1 unspecified atom stereocenters. The van der Waals surface area contributed by atoms with Gasteiger partial charge in [0.05, 0.1) is 17.0 Å². The third-order valence-electron chi connectivity index (χ3n) is 5.44. The van der Waals surface area contributed by atoms with Crippen LogP contribution >= 0.6 is 0 Å². The summed E-state index contributed by atoms with van der Waals surface area (Å²) < 4.78 is 7.56. The monoisotopic (exact) mass is 462 g/mol. The molecule has 10 heteroatoms. The highest BCUT2D eigenvalue weighted by molar-refractivity contribution is 6.19. The lowest BCUT2D eigenvalue weighted by Crippen LogP contribution is -2.32. The lowest BCUT2D eigenvalue weighted by Gasteiger charge is -2.11. The number of carbonyl (C=O) groups is 1. The van der Waals surface area contributed by atoms with Gasteiger partial charge in [0.2, 0.25) is 6.17 Å². The molecule has 0 radical (unpaired) electrons. The van der Waals surface area contributed by atoms with Crippen LogP contribution in [0.5, 0.6) is 0 Å². The molecule has 3 aromatic heterocycles. The van der Waals surface area contributed by atoms with E-state index in [1.165, 1.54) is 0 Å². The zero-order chi connectivity index (χ0) is 23.6. The second-order valence-electron chi connectivity index (χ2n) is 7.71. The molecule has 0 bridgehead atoms. The fraction of sp³-hybridized carbons (Fsp3) is 0.0400. The van der Waals surface area contributed by atoms with Gasteiger partial charge in [0, 0.05) is 29.7 Å². The second-order valence-corrected chi connectivity index (χ2v) is 7.71. The van der Waals surface area contributed by atoms with Crippen LogP contribution in [0.4, 0.5) is 11.7 Å². The van der Waals surface area contributed by atoms with Gasteiger partial charge >= 0.3 is 6.01 Å². The maximum absolute atomic E-state index is 13.0. The summed E-state index contributed by atoms with van der Waals surface area (Å²) in [5.74, 6) is 0.637. The van der Waals surface area contributed by atoms with Crippen molar-refractivity contribution in [3.05, 3.63) is 103 Å². The van der Waals surface area contributed by atoms with E-state index in [0.29, 0.717) is 22.8 Å². The van der Waals surface area contributed by atoms with Crippen LogP contribution in [0, 0.1) is 0 Å². The molecule has 2 N–H and O–H groups in total. The molecular weight excluding hydrogens is 444 g/mol. The number of anilines is 2. The molecule has 0 spiro atoms. The van der Waals surface area contributed by atoms with Crippen molar-refractivity contribution >= 4 is 23.3 Å². The summed E-state index contributed by atoms with van der Waals surface area (Å²) in [6.45, 7) is 0. The van der Waals surface area contributed by atoms with Crippen molar-refractivity contribution in [3.8, 4) is 17.3 Å². The predicted molar refractivity (Wildman–Crippen MR) is 129 cm³/mol. The zero-order valence-corrected chi connectivity index (χ0v) is 18.2. The first-order valence-corrected chi connectivity index (χ1v) is 10.8. The number of aromatic nitrogens is 5. The summed E-state index contributed by atoms with van der Waals surface area (Å²) in [5, 5.41) is 14.0. The molecule has 1 amide bonds. The Kier molecular flexibility index (Phi) is 5.08. The van der Waals surface area contributed by atoms with Crippen molar-refractivity contribution < 1.29 is 9.21 Å². The molecule has 0 fully saturated rings. The normalized spacial score (nSPS) is 15.0. The van der Waals surface area contributed by atoms with E-state index in [0.717, 1.165) is 11.1 Å². The summed E-state index contributed by atoms with van der Waals surface area (Å²) in [4.78, 5) is 26.1. The zero-order valence-electron chi connectivity index (χ0n) is 18.2. The maximum atomic E-state index is 13.0. The minimum Gasteiger partial charge on any atom is -0.403 e. The number of amides is 1. The molecule has 2 aromatic carbocycles. The molecule has 0 saturated carbocycles. The topological polar surface area (TPSA) is 123 Å². The van der Waals surface area contributed by atoms with E-state index in [9.17, 15) is 4.79 Å². The van der Waals surface area contributed by atoms with Crippen LogP contribution in [-0.4, -0.2) is 42.5 Å². The van der Waals surface area contributed by atoms with Gasteiger partial charge in [-0.3, -0.25) is 9.36 Å². The van der Waals surface area contributed by atoms with Crippen molar-refractivity contribution in [1.29, 1.82) is 0 Å². The maximum Gasteiger partial charge on any atom is 0.317 e. The molecule has 4 heterocycles. The van der Waals surface area contributed by atoms with E-state index in [2.05, 4.69) is 30.8 Å². The Labute approximate surface area is 199 Å². The fourth-order valence-electron chi connectivity index (χ4n) is 3.76. The Morgan fingerprint density at radius 2 is 1.80 bits per heavy atom. The van der Waals surface area contributed by atoms with Gasteiger partial charge in [0.25, 0.3) is 11.8 Å². The largest absolute Gasteiger partial charge is 0.403 e. The Balaban J connectivity index is 1.29. The van der Waals surface area contributed by atoms with Gasteiger partial charge in [-0.2, -0.15) is 0 Å². The van der Waals surface area contributed by atoms with Gasteiger partial charge in [0.1, 0.15) is 12.1 Å². The van der Waals surface area contributed by atoms with Gasteiger partial charge in [-0.1, -0.05) is 53.6 Å². The second kappa shape index (κ2) is 8.67. The smallest absolute Gasteiger partial charge is 0.317 e. The first-order valence-electron chi connectivity index (χ1n) is 10.8. The highest BCUT2D eigenvalue weighted by Gasteiger charge is 2.27. The first-order chi connectivity index (χ1) is 17.2. The summed E-state index contributed by atoms with van der Waals surface area (Å²) in [5.41, 5.74) is 3.71. The Bertz CT molecular complexity index is 1510. The standard InChI is InChI=1S/C25H18N8O2/c34-23-22(29-21(16-6-2-1-3-7-16)18-8-4-5-9-19(18)28-23)30-25-32-31-24(35-25)17-10-11-20(27-14-17)33-13-12-26-15-33/h1-15,22H,(H,28,34)(H,30,32).